The van der Waals surface area contributed by atoms with Crippen LogP contribution in [-0.2, 0) is 19.1 Å². The smallest absolute Gasteiger partial charge is 0.328 e. The predicted octanol–water partition coefficient (Wildman–Crippen LogP) is 0.371. The quantitative estimate of drug-likeness (QED) is 0.172. The lowest BCUT2D eigenvalue weighted by Crippen LogP contribution is -2.64. The van der Waals surface area contributed by atoms with E-state index in [4.69, 9.17) is 13.9 Å². The molecule has 0 saturated carbocycles. The summed E-state index contributed by atoms with van der Waals surface area (Å²) in [6.07, 6.45) is -9.50. The number of benzene rings is 2. The second-order valence-electron chi connectivity index (χ2n) is 9.55. The van der Waals surface area contributed by atoms with Crippen LogP contribution in [0.3, 0.4) is 0 Å². The van der Waals surface area contributed by atoms with Gasteiger partial charge in [0.2, 0.25) is 12.0 Å². The first-order valence-electron chi connectivity index (χ1n) is 12.3. The lowest BCUT2D eigenvalue weighted by Gasteiger charge is -2.39. The minimum atomic E-state index is -1.95. The van der Waals surface area contributed by atoms with Crippen molar-refractivity contribution in [2.45, 2.75) is 50.6 Å². The molecule has 2 aromatic carbocycles. The van der Waals surface area contributed by atoms with Gasteiger partial charge in [0, 0.05) is 17.7 Å². The number of methoxy groups -OCH3 is 1. The monoisotopic (exact) mass is 559 g/mol. The van der Waals surface area contributed by atoms with Crippen LogP contribution in [0.1, 0.15) is 13.8 Å². The Hall–Kier alpha value is -4.17. The van der Waals surface area contributed by atoms with E-state index < -0.39 is 77.2 Å². The molecule has 0 bridgehead atoms. The Balaban J connectivity index is 1.66. The maximum Gasteiger partial charge on any atom is 0.328 e. The molecule has 1 aliphatic heterocycles. The van der Waals surface area contributed by atoms with E-state index >= 15 is 0 Å². The highest BCUT2D eigenvalue weighted by atomic mass is 16.7. The number of rotatable bonds is 7. The summed E-state index contributed by atoms with van der Waals surface area (Å²) in [6, 6.07) is 9.70. The summed E-state index contributed by atoms with van der Waals surface area (Å²) >= 11 is 0. The molecule has 0 spiro atoms. The zero-order valence-electron chi connectivity index (χ0n) is 21.7. The van der Waals surface area contributed by atoms with E-state index in [1.807, 2.05) is 0 Å². The third-order valence-corrected chi connectivity index (χ3v) is 6.48. The first-order chi connectivity index (χ1) is 18.9. The number of amides is 1. The minimum Gasteiger partial charge on any atom is -0.504 e. The largest absolute Gasteiger partial charge is 0.504 e. The Morgan fingerprint density at radius 2 is 1.65 bits per heavy atom. The van der Waals surface area contributed by atoms with E-state index in [0.717, 1.165) is 19.2 Å². The highest BCUT2D eigenvalue weighted by Crippen LogP contribution is 2.42. The van der Waals surface area contributed by atoms with Crippen LogP contribution in [0.4, 0.5) is 0 Å². The Labute approximate surface area is 227 Å². The van der Waals surface area contributed by atoms with Gasteiger partial charge in [-0.05, 0) is 5.92 Å². The molecule has 3 aromatic rings. The van der Waals surface area contributed by atoms with Crippen molar-refractivity contribution in [3.05, 3.63) is 52.7 Å². The maximum atomic E-state index is 12.9. The third-order valence-electron chi connectivity index (χ3n) is 6.48. The molecule has 0 aliphatic carbocycles. The van der Waals surface area contributed by atoms with Gasteiger partial charge < -0.3 is 49.5 Å². The van der Waals surface area contributed by atoms with Crippen LogP contribution < -0.4 is 15.5 Å². The molecule has 6 N–H and O–H groups in total. The zero-order chi connectivity index (χ0) is 29.3. The van der Waals surface area contributed by atoms with Gasteiger partial charge in [-0.1, -0.05) is 44.2 Å². The number of ether oxygens (including phenoxy) is 3. The molecule has 4 rings (SSSR count). The van der Waals surface area contributed by atoms with Crippen molar-refractivity contribution in [2.75, 3.05) is 7.11 Å². The molecule has 1 fully saturated rings. The molecule has 1 aliphatic rings. The molecule has 40 heavy (non-hydrogen) atoms. The fraction of sp³-hybridized carbons (Fsp3) is 0.370. The van der Waals surface area contributed by atoms with Crippen LogP contribution in [-0.4, -0.2) is 81.3 Å². The van der Waals surface area contributed by atoms with Crippen molar-refractivity contribution < 1.29 is 53.7 Å². The number of hydrogen-bond acceptors (Lipinski definition) is 12. The number of hydrogen-bond donors (Lipinski definition) is 6. The second-order valence-corrected chi connectivity index (χ2v) is 9.55. The highest BCUT2D eigenvalue weighted by molar-refractivity contribution is 5.89. The summed E-state index contributed by atoms with van der Waals surface area (Å²) in [5.41, 5.74) is -0.288. The van der Waals surface area contributed by atoms with E-state index in [1.54, 1.807) is 44.2 Å². The lowest BCUT2D eigenvalue weighted by molar-refractivity contribution is -0.267. The van der Waals surface area contributed by atoms with E-state index in [2.05, 4.69) is 10.1 Å². The van der Waals surface area contributed by atoms with Crippen LogP contribution in [0.2, 0.25) is 0 Å². The van der Waals surface area contributed by atoms with E-state index in [1.165, 1.54) is 0 Å². The summed E-state index contributed by atoms with van der Waals surface area (Å²) in [7, 11) is 1.14. The van der Waals surface area contributed by atoms with Crippen LogP contribution in [0.25, 0.3) is 22.3 Å². The van der Waals surface area contributed by atoms with Crippen LogP contribution >= 0.6 is 0 Å². The van der Waals surface area contributed by atoms with Crippen LogP contribution in [0.5, 0.6) is 17.2 Å². The van der Waals surface area contributed by atoms with E-state index in [-0.39, 0.29) is 16.7 Å². The summed E-state index contributed by atoms with van der Waals surface area (Å²) < 4.78 is 21.4. The Morgan fingerprint density at radius 3 is 2.27 bits per heavy atom. The average molecular weight is 560 g/mol. The number of carbonyl (C=O) groups is 2. The van der Waals surface area contributed by atoms with Gasteiger partial charge in [-0.25, -0.2) is 4.79 Å². The van der Waals surface area contributed by atoms with E-state index in [9.17, 15) is 39.9 Å². The first kappa shape index (κ1) is 28.8. The van der Waals surface area contributed by atoms with Gasteiger partial charge in [-0.3, -0.25) is 9.59 Å². The SMILES string of the molecule is COC(=O)[C@@H](NC(=O)[C@@H]1O[C@@H](Oc2cc3oc(-c4ccccc4)cc(=O)c3c(O)c2O)[C@H](O)[C@@H](O)[C@@H]1O)C(C)C. The summed E-state index contributed by atoms with van der Waals surface area (Å²) in [5.74, 6) is -4.33. The molecule has 1 aromatic heterocycles. The number of aromatic hydroxyl groups is 2. The molecular formula is C27H29NO12. The number of phenols is 2. The summed E-state index contributed by atoms with van der Waals surface area (Å²) in [6.45, 7) is 3.28. The standard InChI is InChI=1S/C27H29NO12/c1-11(2)18(26(36)37-3)28-25(35)24-22(33)21(32)23(34)27(40-24)39-16-10-15-17(20(31)19(16)30)13(29)9-14(38-15)12-7-5-4-6-8-12/h4-11,18,21-24,27,30-34H,1-3H3,(H,28,35)/t18-,21-,22-,23+,24+,27+/m0/s1. The molecular weight excluding hydrogens is 530 g/mol. The van der Waals surface area contributed by atoms with Gasteiger partial charge in [-0.2, -0.15) is 0 Å². The van der Waals surface area contributed by atoms with Crippen molar-refractivity contribution in [3.8, 4) is 28.6 Å². The Bertz CT molecular complexity index is 1450. The van der Waals surface area contributed by atoms with Crippen LogP contribution in [0, 0.1) is 5.92 Å². The van der Waals surface area contributed by atoms with Gasteiger partial charge in [0.05, 0.1) is 7.11 Å². The molecule has 2 heterocycles. The fourth-order valence-corrected chi connectivity index (χ4v) is 4.25. The van der Waals surface area contributed by atoms with Crippen molar-refractivity contribution in [2.24, 2.45) is 5.92 Å². The Kier molecular flexibility index (Phi) is 8.30. The van der Waals surface area contributed by atoms with Crippen LogP contribution in [0.15, 0.2) is 51.7 Å². The third kappa shape index (κ3) is 5.45. The lowest BCUT2D eigenvalue weighted by atomic mass is 9.97. The number of fused-ring (bicyclic) bond motifs is 1. The highest BCUT2D eigenvalue weighted by Gasteiger charge is 2.49. The number of esters is 1. The van der Waals surface area contributed by atoms with Gasteiger partial charge >= 0.3 is 5.97 Å². The van der Waals surface area contributed by atoms with Crippen molar-refractivity contribution in [1.82, 2.24) is 5.32 Å². The molecule has 0 unspecified atom stereocenters. The number of phenolic OH excluding ortho intramolecular Hbond substituents is 2. The predicted molar refractivity (Wildman–Crippen MR) is 137 cm³/mol. The van der Waals surface area contributed by atoms with Gasteiger partial charge in [0.25, 0.3) is 5.91 Å². The zero-order valence-corrected chi connectivity index (χ0v) is 21.7. The molecule has 1 saturated heterocycles. The number of nitrogens with one attached hydrogen (secondary N) is 1. The molecule has 13 nitrogen and oxygen atoms in total. The van der Waals surface area contributed by atoms with Crippen molar-refractivity contribution in [3.63, 3.8) is 0 Å². The normalized spacial score (nSPS) is 23.5. The van der Waals surface area contributed by atoms with Gasteiger partial charge in [0.15, 0.2) is 23.0 Å². The van der Waals surface area contributed by atoms with Gasteiger partial charge in [0.1, 0.15) is 41.1 Å². The van der Waals surface area contributed by atoms with Gasteiger partial charge in [-0.15, -0.1) is 0 Å². The van der Waals surface area contributed by atoms with Crippen molar-refractivity contribution >= 4 is 22.8 Å². The molecule has 6 atom stereocenters. The second kappa shape index (κ2) is 11.5. The molecule has 0 radical (unpaired) electrons. The topological polar surface area (TPSA) is 205 Å². The summed E-state index contributed by atoms with van der Waals surface area (Å²) in [5, 5.41) is 54.4. The number of carbonyl (C=O) groups excluding carboxylic acids is 2. The summed E-state index contributed by atoms with van der Waals surface area (Å²) in [4.78, 5) is 37.7. The number of aliphatic hydroxyl groups is 3. The Morgan fingerprint density at radius 1 is 0.975 bits per heavy atom. The maximum absolute atomic E-state index is 12.9. The molecule has 13 heteroatoms. The average Bonchev–Trinajstić information content (AvgIpc) is 2.93. The van der Waals surface area contributed by atoms with E-state index in [0.29, 0.717) is 5.56 Å². The number of aliphatic hydroxyl groups excluding tert-OH is 3. The fourth-order valence-electron chi connectivity index (χ4n) is 4.25. The first-order valence-corrected chi connectivity index (χ1v) is 12.3. The molecule has 214 valence electrons. The minimum absolute atomic E-state index is 0.156. The molecule has 1 amide bonds. The van der Waals surface area contributed by atoms with Crippen molar-refractivity contribution in [1.29, 1.82) is 0 Å².